The number of hydrogen-bond donors (Lipinski definition) is 1. The molecule has 6 heteroatoms. The van der Waals surface area contributed by atoms with E-state index in [-0.39, 0.29) is 0 Å². The molecule has 0 radical (unpaired) electrons. The molecule has 0 aliphatic carbocycles. The van der Waals surface area contributed by atoms with Crippen LogP contribution in [0, 0.1) is 11.6 Å². The van der Waals surface area contributed by atoms with Crippen LogP contribution >= 0.6 is 0 Å². The number of rotatable bonds is 4. The number of ether oxygens (including phenoxy) is 1. The van der Waals surface area contributed by atoms with Gasteiger partial charge in [0.25, 0.3) is 0 Å². The standard InChI is InChI=1S/C14H17F2NO3/c1-2-12(14(18)19)17-5-6-20-13(8-17)9-3-4-10(15)11(16)7-9/h3-4,7,12-13H,2,5-6,8H2,1H3,(H,18,19)/t12-,13-/m1/s1. The lowest BCUT2D eigenvalue weighted by Crippen LogP contribution is -2.48. The van der Waals surface area contributed by atoms with E-state index in [2.05, 4.69) is 0 Å². The number of halogens is 2. The molecule has 110 valence electrons. The molecular weight excluding hydrogens is 268 g/mol. The molecule has 1 heterocycles. The van der Waals surface area contributed by atoms with Gasteiger partial charge in [0.2, 0.25) is 0 Å². The van der Waals surface area contributed by atoms with Crippen LogP contribution in [0.15, 0.2) is 18.2 Å². The van der Waals surface area contributed by atoms with Crippen LogP contribution in [0.5, 0.6) is 0 Å². The Labute approximate surface area is 116 Å². The number of carbonyl (C=O) groups is 1. The number of hydrogen-bond acceptors (Lipinski definition) is 3. The lowest BCUT2D eigenvalue weighted by atomic mass is 10.1. The quantitative estimate of drug-likeness (QED) is 0.921. The van der Waals surface area contributed by atoms with E-state index < -0.39 is 29.7 Å². The minimum absolute atomic E-state index is 0.357. The van der Waals surface area contributed by atoms with Gasteiger partial charge in [0, 0.05) is 13.1 Å². The van der Waals surface area contributed by atoms with Crippen LogP contribution in [0.25, 0.3) is 0 Å². The average Bonchev–Trinajstić information content (AvgIpc) is 2.42. The zero-order valence-electron chi connectivity index (χ0n) is 11.2. The number of aliphatic carboxylic acids is 1. The molecule has 1 aliphatic heterocycles. The lowest BCUT2D eigenvalue weighted by Gasteiger charge is -2.36. The van der Waals surface area contributed by atoms with E-state index in [0.29, 0.717) is 31.7 Å². The van der Waals surface area contributed by atoms with Crippen molar-refractivity contribution in [1.29, 1.82) is 0 Å². The van der Waals surface area contributed by atoms with Gasteiger partial charge in [-0.05, 0) is 24.1 Å². The van der Waals surface area contributed by atoms with Crippen LogP contribution < -0.4 is 0 Å². The van der Waals surface area contributed by atoms with Crippen molar-refractivity contribution in [3.63, 3.8) is 0 Å². The Bertz CT molecular complexity index is 495. The molecule has 0 amide bonds. The molecule has 0 spiro atoms. The van der Waals surface area contributed by atoms with Crippen molar-refractivity contribution in [2.75, 3.05) is 19.7 Å². The smallest absolute Gasteiger partial charge is 0.320 e. The molecule has 1 aliphatic rings. The van der Waals surface area contributed by atoms with Crippen molar-refractivity contribution >= 4 is 5.97 Å². The van der Waals surface area contributed by atoms with E-state index in [4.69, 9.17) is 4.74 Å². The van der Waals surface area contributed by atoms with Crippen molar-refractivity contribution in [2.45, 2.75) is 25.5 Å². The van der Waals surface area contributed by atoms with E-state index in [1.807, 2.05) is 0 Å². The van der Waals surface area contributed by atoms with E-state index in [1.165, 1.54) is 6.07 Å². The van der Waals surface area contributed by atoms with Gasteiger partial charge in [-0.15, -0.1) is 0 Å². The minimum Gasteiger partial charge on any atom is -0.480 e. The largest absolute Gasteiger partial charge is 0.480 e. The summed E-state index contributed by atoms with van der Waals surface area (Å²) in [6.45, 7) is 3.05. The third-order valence-corrected chi connectivity index (χ3v) is 3.53. The average molecular weight is 285 g/mol. The van der Waals surface area contributed by atoms with Crippen LogP contribution in [0.4, 0.5) is 8.78 Å². The molecule has 1 aromatic rings. The number of carboxylic acid groups (broad SMARTS) is 1. The summed E-state index contributed by atoms with van der Waals surface area (Å²) >= 11 is 0. The van der Waals surface area contributed by atoms with E-state index in [1.54, 1.807) is 11.8 Å². The first-order valence-corrected chi connectivity index (χ1v) is 6.56. The Morgan fingerprint density at radius 1 is 1.50 bits per heavy atom. The van der Waals surface area contributed by atoms with Crippen molar-refractivity contribution in [2.24, 2.45) is 0 Å². The molecule has 0 bridgehead atoms. The first kappa shape index (κ1) is 14.9. The minimum atomic E-state index is -0.923. The van der Waals surface area contributed by atoms with E-state index in [9.17, 15) is 18.7 Å². The van der Waals surface area contributed by atoms with Gasteiger partial charge in [-0.2, -0.15) is 0 Å². The highest BCUT2D eigenvalue weighted by atomic mass is 19.2. The Morgan fingerprint density at radius 3 is 2.85 bits per heavy atom. The fraction of sp³-hybridized carbons (Fsp3) is 0.500. The monoisotopic (exact) mass is 285 g/mol. The molecule has 1 fully saturated rings. The third kappa shape index (κ3) is 3.13. The zero-order valence-corrected chi connectivity index (χ0v) is 11.2. The normalized spacial score (nSPS) is 21.6. The predicted molar refractivity (Wildman–Crippen MR) is 68.3 cm³/mol. The van der Waals surface area contributed by atoms with Crippen LogP contribution in [0.1, 0.15) is 25.0 Å². The maximum atomic E-state index is 13.2. The van der Waals surface area contributed by atoms with Gasteiger partial charge in [0.1, 0.15) is 6.04 Å². The first-order chi connectivity index (χ1) is 9.52. The van der Waals surface area contributed by atoms with Gasteiger partial charge < -0.3 is 9.84 Å². The Kier molecular flexibility index (Phi) is 4.67. The second kappa shape index (κ2) is 6.28. The summed E-state index contributed by atoms with van der Waals surface area (Å²) < 4.78 is 31.7. The predicted octanol–water partition coefficient (Wildman–Crippen LogP) is 2.20. The van der Waals surface area contributed by atoms with Crippen molar-refractivity contribution in [3.05, 3.63) is 35.4 Å². The Hall–Kier alpha value is -1.53. The molecule has 0 unspecified atom stereocenters. The number of benzene rings is 1. The van der Waals surface area contributed by atoms with Crippen molar-refractivity contribution < 1.29 is 23.4 Å². The molecule has 1 N–H and O–H groups in total. The first-order valence-electron chi connectivity index (χ1n) is 6.56. The van der Waals surface area contributed by atoms with E-state index in [0.717, 1.165) is 12.1 Å². The second-order valence-corrected chi connectivity index (χ2v) is 4.79. The number of nitrogens with zero attached hydrogens (tertiary/aromatic N) is 1. The fourth-order valence-electron chi connectivity index (χ4n) is 2.46. The van der Waals surface area contributed by atoms with Crippen LogP contribution in [0.2, 0.25) is 0 Å². The van der Waals surface area contributed by atoms with E-state index >= 15 is 0 Å². The van der Waals surface area contributed by atoms with Gasteiger partial charge in [0.15, 0.2) is 11.6 Å². The summed E-state index contributed by atoms with van der Waals surface area (Å²) in [5, 5.41) is 9.17. The van der Waals surface area contributed by atoms with Crippen LogP contribution in [0.3, 0.4) is 0 Å². The molecule has 2 rings (SSSR count). The SMILES string of the molecule is CC[C@H](C(=O)O)N1CCO[C@@H](c2ccc(F)c(F)c2)C1. The van der Waals surface area contributed by atoms with Gasteiger partial charge in [-0.25, -0.2) is 8.78 Å². The summed E-state index contributed by atoms with van der Waals surface area (Å²) in [7, 11) is 0. The van der Waals surface area contributed by atoms with Crippen LogP contribution in [-0.4, -0.2) is 41.7 Å². The highest BCUT2D eigenvalue weighted by Gasteiger charge is 2.30. The summed E-state index contributed by atoms with van der Waals surface area (Å²) in [6.07, 6.45) is 0.0482. The molecule has 20 heavy (non-hydrogen) atoms. The number of carboxylic acids is 1. The molecule has 1 saturated heterocycles. The lowest BCUT2D eigenvalue weighted by molar-refractivity contribution is -0.147. The third-order valence-electron chi connectivity index (χ3n) is 3.53. The van der Waals surface area contributed by atoms with Crippen LogP contribution in [-0.2, 0) is 9.53 Å². The highest BCUT2D eigenvalue weighted by Crippen LogP contribution is 2.25. The maximum Gasteiger partial charge on any atom is 0.320 e. The van der Waals surface area contributed by atoms with Crippen molar-refractivity contribution in [1.82, 2.24) is 4.90 Å². The zero-order chi connectivity index (χ0) is 14.7. The summed E-state index contributed by atoms with van der Waals surface area (Å²) in [6, 6.07) is 3.05. The second-order valence-electron chi connectivity index (χ2n) is 4.79. The van der Waals surface area contributed by atoms with Gasteiger partial charge in [-0.3, -0.25) is 9.69 Å². The highest BCUT2D eigenvalue weighted by molar-refractivity contribution is 5.73. The Morgan fingerprint density at radius 2 is 2.25 bits per heavy atom. The molecule has 0 saturated carbocycles. The molecule has 1 aromatic carbocycles. The summed E-state index contributed by atoms with van der Waals surface area (Å²) in [4.78, 5) is 13.0. The summed E-state index contributed by atoms with van der Waals surface area (Å²) in [5.41, 5.74) is 0.522. The maximum absolute atomic E-state index is 13.2. The van der Waals surface area contributed by atoms with Crippen molar-refractivity contribution in [3.8, 4) is 0 Å². The van der Waals surface area contributed by atoms with Gasteiger partial charge in [-0.1, -0.05) is 13.0 Å². The topological polar surface area (TPSA) is 49.8 Å². The molecular formula is C14H17F2NO3. The molecule has 4 nitrogen and oxygen atoms in total. The molecule has 2 atom stereocenters. The Balaban J connectivity index is 2.13. The summed E-state index contributed by atoms with van der Waals surface area (Å²) in [5.74, 6) is -2.70. The van der Waals surface area contributed by atoms with Gasteiger partial charge in [0.05, 0.1) is 12.7 Å². The number of morpholine rings is 1. The fourth-order valence-corrected chi connectivity index (χ4v) is 2.46. The van der Waals surface area contributed by atoms with Gasteiger partial charge >= 0.3 is 5.97 Å². The molecule has 0 aromatic heterocycles.